The first kappa shape index (κ1) is 18.2. The second kappa shape index (κ2) is 8.64. The Morgan fingerprint density at radius 2 is 1.96 bits per heavy atom. The predicted molar refractivity (Wildman–Crippen MR) is 84.7 cm³/mol. The Kier molecular flexibility index (Phi) is 6.84. The summed E-state index contributed by atoms with van der Waals surface area (Å²) in [6.07, 6.45) is 3.32. The number of hydrogen-bond donors (Lipinski definition) is 1. The summed E-state index contributed by atoms with van der Waals surface area (Å²) >= 11 is 0. The fourth-order valence-corrected chi connectivity index (χ4v) is 3.47. The van der Waals surface area contributed by atoms with Crippen molar-refractivity contribution >= 4 is 11.9 Å². The van der Waals surface area contributed by atoms with Crippen LogP contribution < -0.4 is 0 Å². The highest BCUT2D eigenvalue weighted by molar-refractivity contribution is 5.85. The van der Waals surface area contributed by atoms with Gasteiger partial charge in [0.1, 0.15) is 0 Å². The first-order valence-electron chi connectivity index (χ1n) is 8.81. The lowest BCUT2D eigenvalue weighted by atomic mass is 9.94. The number of rotatable bonds is 5. The van der Waals surface area contributed by atoms with Crippen molar-refractivity contribution in [3.63, 3.8) is 0 Å². The van der Waals surface area contributed by atoms with Gasteiger partial charge in [-0.25, -0.2) is 4.79 Å². The van der Waals surface area contributed by atoms with E-state index in [9.17, 15) is 14.7 Å². The van der Waals surface area contributed by atoms with Gasteiger partial charge in [0.15, 0.2) is 12.2 Å². The van der Waals surface area contributed by atoms with Crippen LogP contribution in [0.25, 0.3) is 0 Å². The quantitative estimate of drug-likeness (QED) is 0.774. The van der Waals surface area contributed by atoms with Gasteiger partial charge in [-0.2, -0.15) is 0 Å². The summed E-state index contributed by atoms with van der Waals surface area (Å²) in [5, 5.41) is 10.1. The maximum atomic E-state index is 12.5. The highest BCUT2D eigenvalue weighted by atomic mass is 16.6. The Labute approximate surface area is 138 Å². The van der Waals surface area contributed by atoms with Gasteiger partial charge in [-0.1, -0.05) is 6.92 Å². The summed E-state index contributed by atoms with van der Waals surface area (Å²) in [7, 11) is 0. The first-order valence-corrected chi connectivity index (χ1v) is 8.81. The SMILES string of the molecule is CC[C@@H]1CCCCN1C(=O)[C@H](C)OC(=O)[C@@H](O)C1CCOCC1. The standard InChI is InChI=1S/C17H29NO5/c1-3-14-6-4-5-9-18(14)16(20)12(2)23-17(21)15(19)13-7-10-22-11-8-13/h12-15,19H,3-11H2,1-2H3/t12-,14+,15-/m0/s1. The van der Waals surface area contributed by atoms with Crippen LogP contribution in [-0.4, -0.2) is 59.9 Å². The fraction of sp³-hybridized carbons (Fsp3) is 0.882. The zero-order valence-corrected chi connectivity index (χ0v) is 14.2. The molecule has 0 unspecified atom stereocenters. The van der Waals surface area contributed by atoms with Crippen molar-refractivity contribution in [1.29, 1.82) is 0 Å². The number of likely N-dealkylation sites (tertiary alicyclic amines) is 1. The van der Waals surface area contributed by atoms with Gasteiger partial charge in [-0.3, -0.25) is 4.79 Å². The van der Waals surface area contributed by atoms with E-state index in [2.05, 4.69) is 6.92 Å². The third kappa shape index (κ3) is 4.67. The van der Waals surface area contributed by atoms with E-state index >= 15 is 0 Å². The number of amides is 1. The van der Waals surface area contributed by atoms with Crippen LogP contribution in [0.2, 0.25) is 0 Å². The molecule has 0 bridgehead atoms. The van der Waals surface area contributed by atoms with Crippen LogP contribution in [-0.2, 0) is 19.1 Å². The number of piperidine rings is 1. The maximum absolute atomic E-state index is 12.5. The Hall–Kier alpha value is -1.14. The summed E-state index contributed by atoms with van der Waals surface area (Å²) in [5.74, 6) is -0.983. The van der Waals surface area contributed by atoms with Crippen LogP contribution >= 0.6 is 0 Å². The number of esters is 1. The fourth-order valence-electron chi connectivity index (χ4n) is 3.47. The van der Waals surface area contributed by atoms with Crippen molar-refractivity contribution in [2.75, 3.05) is 19.8 Å². The van der Waals surface area contributed by atoms with E-state index < -0.39 is 18.2 Å². The molecule has 2 aliphatic heterocycles. The van der Waals surface area contributed by atoms with Gasteiger partial charge < -0.3 is 19.5 Å². The smallest absolute Gasteiger partial charge is 0.336 e. The molecular weight excluding hydrogens is 298 g/mol. The maximum Gasteiger partial charge on any atom is 0.336 e. The Bertz CT molecular complexity index is 408. The average Bonchev–Trinajstić information content (AvgIpc) is 2.60. The van der Waals surface area contributed by atoms with Crippen molar-refractivity contribution in [2.24, 2.45) is 5.92 Å². The van der Waals surface area contributed by atoms with E-state index in [1.54, 1.807) is 6.92 Å². The number of aliphatic hydroxyl groups is 1. The highest BCUT2D eigenvalue weighted by Crippen LogP contribution is 2.22. The summed E-state index contributed by atoms with van der Waals surface area (Å²) in [4.78, 5) is 26.5. The Balaban J connectivity index is 1.87. The Morgan fingerprint density at radius 1 is 1.26 bits per heavy atom. The monoisotopic (exact) mass is 327 g/mol. The number of hydrogen-bond acceptors (Lipinski definition) is 5. The van der Waals surface area contributed by atoms with Crippen molar-refractivity contribution < 1.29 is 24.2 Å². The zero-order valence-electron chi connectivity index (χ0n) is 14.2. The predicted octanol–water partition coefficient (Wildman–Crippen LogP) is 1.50. The van der Waals surface area contributed by atoms with Gasteiger partial charge in [0.25, 0.3) is 5.91 Å². The molecule has 3 atom stereocenters. The third-order valence-electron chi connectivity index (χ3n) is 4.98. The lowest BCUT2D eigenvalue weighted by Crippen LogP contribution is -2.49. The highest BCUT2D eigenvalue weighted by Gasteiger charge is 2.34. The number of nitrogens with zero attached hydrogens (tertiary/aromatic N) is 1. The topological polar surface area (TPSA) is 76.1 Å². The molecule has 0 saturated carbocycles. The molecule has 2 aliphatic rings. The van der Waals surface area contributed by atoms with E-state index in [-0.39, 0.29) is 17.9 Å². The number of ether oxygens (including phenoxy) is 2. The van der Waals surface area contributed by atoms with E-state index in [0.717, 1.165) is 32.2 Å². The van der Waals surface area contributed by atoms with Crippen LogP contribution in [0.15, 0.2) is 0 Å². The molecule has 2 fully saturated rings. The third-order valence-corrected chi connectivity index (χ3v) is 4.98. The molecule has 0 aromatic rings. The molecule has 0 aliphatic carbocycles. The first-order chi connectivity index (χ1) is 11.0. The van der Waals surface area contributed by atoms with Gasteiger partial charge in [0, 0.05) is 31.7 Å². The van der Waals surface area contributed by atoms with E-state index in [1.807, 2.05) is 4.90 Å². The number of aliphatic hydroxyl groups excluding tert-OH is 1. The summed E-state index contributed by atoms with van der Waals surface area (Å²) < 4.78 is 10.5. The summed E-state index contributed by atoms with van der Waals surface area (Å²) in [6, 6.07) is 0.234. The summed E-state index contributed by atoms with van der Waals surface area (Å²) in [5.41, 5.74) is 0. The van der Waals surface area contributed by atoms with Crippen molar-refractivity contribution in [3.8, 4) is 0 Å². The molecular formula is C17H29NO5. The van der Waals surface area contributed by atoms with E-state index in [4.69, 9.17) is 9.47 Å². The minimum Gasteiger partial charge on any atom is -0.451 e. The molecule has 0 spiro atoms. The second-order valence-corrected chi connectivity index (χ2v) is 6.56. The van der Waals surface area contributed by atoms with E-state index in [0.29, 0.717) is 26.1 Å². The second-order valence-electron chi connectivity index (χ2n) is 6.56. The largest absolute Gasteiger partial charge is 0.451 e. The molecule has 2 rings (SSSR count). The lowest BCUT2D eigenvalue weighted by molar-refractivity contribution is -0.171. The van der Waals surface area contributed by atoms with Gasteiger partial charge in [0.2, 0.25) is 0 Å². The van der Waals surface area contributed by atoms with Gasteiger partial charge in [0.05, 0.1) is 0 Å². The van der Waals surface area contributed by atoms with Crippen molar-refractivity contribution in [3.05, 3.63) is 0 Å². The average molecular weight is 327 g/mol. The molecule has 1 amide bonds. The Morgan fingerprint density at radius 3 is 2.61 bits per heavy atom. The molecule has 1 N–H and O–H groups in total. The van der Waals surface area contributed by atoms with Gasteiger partial charge in [-0.05, 0) is 45.4 Å². The molecule has 2 saturated heterocycles. The number of carbonyl (C=O) groups excluding carboxylic acids is 2. The number of carbonyl (C=O) groups is 2. The molecule has 6 heteroatoms. The lowest BCUT2D eigenvalue weighted by Gasteiger charge is -2.36. The van der Waals surface area contributed by atoms with Crippen LogP contribution in [0.3, 0.4) is 0 Å². The van der Waals surface area contributed by atoms with Crippen molar-refractivity contribution in [2.45, 2.75) is 70.6 Å². The minimum absolute atomic E-state index is 0.142. The van der Waals surface area contributed by atoms with Gasteiger partial charge >= 0.3 is 5.97 Å². The molecule has 2 heterocycles. The molecule has 132 valence electrons. The molecule has 0 aromatic carbocycles. The van der Waals surface area contributed by atoms with Crippen LogP contribution in [0, 0.1) is 5.92 Å². The minimum atomic E-state index is -1.17. The molecule has 6 nitrogen and oxygen atoms in total. The normalized spacial score (nSPS) is 25.7. The van der Waals surface area contributed by atoms with Gasteiger partial charge in [-0.15, -0.1) is 0 Å². The van der Waals surface area contributed by atoms with Crippen LogP contribution in [0.5, 0.6) is 0 Å². The van der Waals surface area contributed by atoms with Crippen molar-refractivity contribution in [1.82, 2.24) is 4.90 Å². The van der Waals surface area contributed by atoms with Crippen LogP contribution in [0.4, 0.5) is 0 Å². The molecule has 0 radical (unpaired) electrons. The summed E-state index contributed by atoms with van der Waals surface area (Å²) in [6.45, 7) is 5.49. The zero-order chi connectivity index (χ0) is 16.8. The molecule has 23 heavy (non-hydrogen) atoms. The van der Waals surface area contributed by atoms with E-state index in [1.165, 1.54) is 0 Å². The van der Waals surface area contributed by atoms with Crippen LogP contribution in [0.1, 0.15) is 52.4 Å². The molecule has 0 aromatic heterocycles.